The van der Waals surface area contributed by atoms with Crippen LogP contribution in [0.1, 0.15) is 43.0 Å². The van der Waals surface area contributed by atoms with Gasteiger partial charge in [-0.15, -0.1) is 5.10 Å². The molecule has 280 valence electrons. The number of aromatic nitrogens is 3. The highest BCUT2D eigenvalue weighted by Crippen LogP contribution is 2.60. The summed E-state index contributed by atoms with van der Waals surface area (Å²) in [5.41, 5.74) is 2.72. The van der Waals surface area contributed by atoms with Gasteiger partial charge >= 0.3 is 0 Å². The Hall–Kier alpha value is -4.56. The minimum atomic E-state index is -2.36. The molecule has 7 rings (SSSR count). The van der Waals surface area contributed by atoms with Gasteiger partial charge in [-0.2, -0.15) is 0 Å². The van der Waals surface area contributed by atoms with Crippen molar-refractivity contribution in [3.05, 3.63) is 89.7 Å². The number of carbonyl (C=O) groups excluding carboxylic acids is 2. The van der Waals surface area contributed by atoms with Gasteiger partial charge in [0.2, 0.25) is 5.91 Å². The first-order valence-corrected chi connectivity index (χ1v) is 21.6. The van der Waals surface area contributed by atoms with Crippen molar-refractivity contribution in [3.63, 3.8) is 0 Å². The highest BCUT2D eigenvalue weighted by Gasteiger charge is 2.66. The summed E-state index contributed by atoms with van der Waals surface area (Å²) in [6, 6.07) is 21.7. The first-order valence-electron chi connectivity index (χ1n) is 18.5. The Balaban J connectivity index is 1.24. The standard InChI is InChI=1S/C40H50N6O6Si/c1-26-37(53(4,5)32-14-11-30(50-2)12-15-32)36(17-20-45-25-29(18-21-47)43-44-45)52-40(26)33-23-31(51-3)13-16-35(33)46(39(40)49)24-27-8-6-9-28(22-27)42-38(48)34-10-7-19-41-34/h6,8-9,11-16,22-23,25-26,34,36-37,41,47H,7,10,17-21,24H2,1-5H3,(H,42,48)/t26-,34+,36+,37-,40+/m0/s1. The fourth-order valence-electron chi connectivity index (χ4n) is 8.85. The van der Waals surface area contributed by atoms with Crippen LogP contribution in [0.15, 0.2) is 72.9 Å². The molecule has 13 heteroatoms. The Kier molecular flexibility index (Phi) is 10.4. The molecule has 12 nitrogen and oxygen atoms in total. The summed E-state index contributed by atoms with van der Waals surface area (Å²) >= 11 is 0. The average molecular weight is 739 g/mol. The average Bonchev–Trinajstić information content (AvgIpc) is 3.96. The van der Waals surface area contributed by atoms with E-state index in [0.29, 0.717) is 37.4 Å². The molecule has 3 aromatic carbocycles. The Morgan fingerprint density at radius 1 is 1.09 bits per heavy atom. The Bertz CT molecular complexity index is 1950. The van der Waals surface area contributed by atoms with Crippen LogP contribution in [0.2, 0.25) is 18.6 Å². The number of amides is 2. The normalized spacial score (nSPS) is 23.8. The number of rotatable bonds is 13. The van der Waals surface area contributed by atoms with Gasteiger partial charge in [0.25, 0.3) is 5.91 Å². The molecule has 0 unspecified atom stereocenters. The van der Waals surface area contributed by atoms with Gasteiger partial charge in [0.15, 0.2) is 5.60 Å². The topological polar surface area (TPSA) is 140 Å². The number of methoxy groups -OCH3 is 2. The van der Waals surface area contributed by atoms with Crippen LogP contribution in [-0.4, -0.2) is 79.5 Å². The second-order valence-electron chi connectivity index (χ2n) is 15.0. The molecule has 2 amide bonds. The molecule has 3 N–H and O–H groups in total. The number of carbonyl (C=O) groups is 2. The van der Waals surface area contributed by atoms with Gasteiger partial charge in [0.05, 0.1) is 52.4 Å². The molecule has 3 aliphatic heterocycles. The van der Waals surface area contributed by atoms with Gasteiger partial charge in [-0.3, -0.25) is 14.3 Å². The molecule has 2 saturated heterocycles. The fraction of sp³-hybridized carbons (Fsp3) is 0.450. The number of hydrogen-bond acceptors (Lipinski definition) is 9. The molecule has 0 aliphatic carbocycles. The number of aliphatic hydroxyl groups excluding tert-OH is 1. The first-order chi connectivity index (χ1) is 25.6. The largest absolute Gasteiger partial charge is 0.497 e. The lowest BCUT2D eigenvalue weighted by atomic mass is 9.82. The maximum absolute atomic E-state index is 15.3. The lowest BCUT2D eigenvalue weighted by molar-refractivity contribution is -0.146. The monoisotopic (exact) mass is 738 g/mol. The molecular weight excluding hydrogens is 689 g/mol. The number of anilines is 2. The Morgan fingerprint density at radius 2 is 1.87 bits per heavy atom. The van der Waals surface area contributed by atoms with Crippen LogP contribution in [0, 0.1) is 5.92 Å². The van der Waals surface area contributed by atoms with E-state index in [1.54, 1.807) is 18.9 Å². The van der Waals surface area contributed by atoms with E-state index in [1.165, 1.54) is 5.19 Å². The number of ether oxygens (including phenoxy) is 3. The summed E-state index contributed by atoms with van der Waals surface area (Å²) in [4.78, 5) is 30.0. The van der Waals surface area contributed by atoms with Crippen molar-refractivity contribution in [3.8, 4) is 11.5 Å². The summed E-state index contributed by atoms with van der Waals surface area (Å²) in [5.74, 6) is 1.12. The van der Waals surface area contributed by atoms with E-state index >= 15 is 4.79 Å². The molecule has 0 bridgehead atoms. The lowest BCUT2D eigenvalue weighted by Gasteiger charge is -2.37. The van der Waals surface area contributed by atoms with Crippen molar-refractivity contribution in [2.24, 2.45) is 5.92 Å². The number of benzene rings is 3. The predicted molar refractivity (Wildman–Crippen MR) is 205 cm³/mol. The van der Waals surface area contributed by atoms with Gasteiger partial charge in [0.1, 0.15) is 11.5 Å². The fourth-order valence-corrected chi connectivity index (χ4v) is 12.9. The number of aryl methyl sites for hydroxylation is 1. The molecule has 4 aromatic rings. The van der Waals surface area contributed by atoms with Crippen LogP contribution < -0.4 is 30.2 Å². The number of hydrogen-bond donors (Lipinski definition) is 3. The maximum atomic E-state index is 15.3. The van der Waals surface area contributed by atoms with Gasteiger partial charge in [0, 0.05) is 42.9 Å². The molecule has 0 saturated carbocycles. The SMILES string of the molecule is COc1ccc([Si](C)(C)[C@@H]2[C@@H](CCn3cc(CCO)nn3)O[C@]3(C(=O)N(Cc4cccc(NC(=O)[C@H]5CCCN5)c4)c4ccc(OC)cc43)[C@H]2C)cc1. The second kappa shape index (κ2) is 15.1. The maximum Gasteiger partial charge on any atom is 0.264 e. The zero-order valence-electron chi connectivity index (χ0n) is 31.2. The molecule has 1 spiro atoms. The molecule has 53 heavy (non-hydrogen) atoms. The van der Waals surface area contributed by atoms with E-state index in [9.17, 15) is 9.90 Å². The van der Waals surface area contributed by atoms with E-state index in [0.717, 1.165) is 47.6 Å². The van der Waals surface area contributed by atoms with Crippen molar-refractivity contribution < 1.29 is 28.9 Å². The highest BCUT2D eigenvalue weighted by molar-refractivity contribution is 6.91. The van der Waals surface area contributed by atoms with Crippen LogP contribution in [0.5, 0.6) is 11.5 Å². The molecule has 4 heterocycles. The van der Waals surface area contributed by atoms with Crippen LogP contribution in [0.3, 0.4) is 0 Å². The lowest BCUT2D eigenvalue weighted by Crippen LogP contribution is -2.51. The number of nitrogens with zero attached hydrogens (tertiary/aromatic N) is 4. The van der Waals surface area contributed by atoms with Gasteiger partial charge in [-0.05, 0) is 79.4 Å². The van der Waals surface area contributed by atoms with Gasteiger partial charge in [-0.1, -0.05) is 54.7 Å². The van der Waals surface area contributed by atoms with Crippen LogP contribution in [0.4, 0.5) is 11.4 Å². The van der Waals surface area contributed by atoms with E-state index in [4.69, 9.17) is 14.2 Å². The number of fused-ring (bicyclic) bond motifs is 2. The highest BCUT2D eigenvalue weighted by atomic mass is 28.3. The third-order valence-corrected chi connectivity index (χ3v) is 15.9. The quantitative estimate of drug-likeness (QED) is 0.171. The smallest absolute Gasteiger partial charge is 0.264 e. The Morgan fingerprint density at radius 3 is 2.58 bits per heavy atom. The van der Waals surface area contributed by atoms with Crippen molar-refractivity contribution in [1.29, 1.82) is 0 Å². The number of nitrogens with one attached hydrogen (secondary N) is 2. The third-order valence-electron chi connectivity index (χ3n) is 11.6. The summed E-state index contributed by atoms with van der Waals surface area (Å²) in [6.45, 7) is 8.61. The van der Waals surface area contributed by atoms with Crippen LogP contribution >= 0.6 is 0 Å². The van der Waals surface area contributed by atoms with E-state index < -0.39 is 13.7 Å². The first kappa shape index (κ1) is 36.8. The molecule has 5 atom stereocenters. The van der Waals surface area contributed by atoms with Crippen molar-refractivity contribution in [2.75, 3.05) is 37.6 Å². The second-order valence-corrected chi connectivity index (χ2v) is 19.7. The minimum absolute atomic E-state index is 0.00650. The molecular formula is C40H50N6O6Si. The van der Waals surface area contributed by atoms with E-state index in [1.807, 2.05) is 65.7 Å². The molecule has 2 fully saturated rings. The van der Waals surface area contributed by atoms with Gasteiger partial charge < -0.3 is 34.9 Å². The molecule has 1 aromatic heterocycles. The van der Waals surface area contributed by atoms with Gasteiger partial charge in [-0.25, -0.2) is 0 Å². The summed E-state index contributed by atoms with van der Waals surface area (Å²) in [7, 11) is 0.949. The van der Waals surface area contributed by atoms with Crippen molar-refractivity contribution >= 4 is 36.4 Å². The van der Waals surface area contributed by atoms with Crippen LogP contribution in [-0.2, 0) is 39.4 Å². The molecule has 3 aliphatic rings. The summed E-state index contributed by atoms with van der Waals surface area (Å²) in [5, 5.41) is 25.6. The van der Waals surface area contributed by atoms with E-state index in [2.05, 4.69) is 53.1 Å². The van der Waals surface area contributed by atoms with E-state index in [-0.39, 0.29) is 42.0 Å². The zero-order chi connectivity index (χ0) is 37.3. The van der Waals surface area contributed by atoms with Crippen molar-refractivity contribution in [2.45, 2.75) is 82.1 Å². The Labute approximate surface area is 311 Å². The number of aliphatic hydroxyl groups is 1. The predicted octanol–water partition coefficient (Wildman–Crippen LogP) is 4.37. The molecule has 0 radical (unpaired) electrons. The summed E-state index contributed by atoms with van der Waals surface area (Å²) < 4.78 is 20.3. The van der Waals surface area contributed by atoms with Crippen molar-refractivity contribution in [1.82, 2.24) is 20.3 Å². The third kappa shape index (κ3) is 6.87. The van der Waals surface area contributed by atoms with Crippen LogP contribution in [0.25, 0.3) is 0 Å². The zero-order valence-corrected chi connectivity index (χ0v) is 32.2. The summed E-state index contributed by atoms with van der Waals surface area (Å²) in [6.07, 6.45) is 4.46. The minimum Gasteiger partial charge on any atom is -0.497 e.